The second-order valence-electron chi connectivity index (χ2n) is 10.4. The predicted octanol–water partition coefficient (Wildman–Crippen LogP) is 7.48. The van der Waals surface area contributed by atoms with E-state index in [1.54, 1.807) is 11.0 Å². The van der Waals surface area contributed by atoms with E-state index in [2.05, 4.69) is 39.0 Å². The zero-order valence-electron chi connectivity index (χ0n) is 21.0. The van der Waals surface area contributed by atoms with Crippen LogP contribution in [0.25, 0.3) is 0 Å². The lowest BCUT2D eigenvalue weighted by Crippen LogP contribution is -2.25. The van der Waals surface area contributed by atoms with Gasteiger partial charge in [0.25, 0.3) is 5.91 Å². The lowest BCUT2D eigenvalue weighted by Gasteiger charge is -2.18. The van der Waals surface area contributed by atoms with Crippen molar-refractivity contribution >= 4 is 5.91 Å². The van der Waals surface area contributed by atoms with E-state index in [1.165, 1.54) is 61.3 Å². The van der Waals surface area contributed by atoms with Gasteiger partial charge in [-0.3, -0.25) is 4.79 Å². The van der Waals surface area contributed by atoms with Crippen LogP contribution in [0.1, 0.15) is 118 Å². The molecule has 2 aromatic carbocycles. The normalized spacial score (nSPS) is 14.2. The molecule has 1 heterocycles. The summed E-state index contributed by atoms with van der Waals surface area (Å²) in [4.78, 5) is 15.1. The Kier molecular flexibility index (Phi) is 8.45. The number of phenolic OH excluding ortho intramolecular Hbond substituents is 2. The van der Waals surface area contributed by atoms with Gasteiger partial charge < -0.3 is 15.1 Å². The molecule has 0 saturated heterocycles. The highest BCUT2D eigenvalue weighted by molar-refractivity contribution is 5.97. The molecular formula is C29H41NO3. The van der Waals surface area contributed by atoms with Crippen molar-refractivity contribution in [1.82, 2.24) is 4.90 Å². The number of benzene rings is 2. The minimum absolute atomic E-state index is 0.0313. The fourth-order valence-electron chi connectivity index (χ4n) is 4.98. The highest BCUT2D eigenvalue weighted by Crippen LogP contribution is 2.36. The Labute approximate surface area is 199 Å². The summed E-state index contributed by atoms with van der Waals surface area (Å²) in [5.74, 6) is 1.08. The molecule has 0 radical (unpaired) electrons. The zero-order chi connectivity index (χ0) is 24.1. The number of hydrogen-bond donors (Lipinski definition) is 2. The highest BCUT2D eigenvalue weighted by Gasteiger charge is 2.28. The summed E-state index contributed by atoms with van der Waals surface area (Å²) in [6.45, 7) is 11.9. The Balaban J connectivity index is 1.74. The van der Waals surface area contributed by atoms with Gasteiger partial charge in [0.1, 0.15) is 11.5 Å². The Morgan fingerprint density at radius 1 is 0.909 bits per heavy atom. The molecule has 0 aliphatic carbocycles. The van der Waals surface area contributed by atoms with Crippen LogP contribution in [0.15, 0.2) is 30.3 Å². The second kappa shape index (κ2) is 11.1. The third-order valence-electron chi connectivity index (χ3n) is 6.93. The van der Waals surface area contributed by atoms with Crippen molar-refractivity contribution in [1.29, 1.82) is 0 Å². The van der Waals surface area contributed by atoms with Crippen LogP contribution in [0, 0.1) is 5.92 Å². The van der Waals surface area contributed by atoms with Gasteiger partial charge in [-0.1, -0.05) is 78.5 Å². The second-order valence-corrected chi connectivity index (χ2v) is 10.4. The lowest BCUT2D eigenvalue weighted by molar-refractivity contribution is 0.0748. The van der Waals surface area contributed by atoms with E-state index < -0.39 is 0 Å². The molecule has 2 N–H and O–H groups in total. The molecule has 180 valence electrons. The number of carbonyl (C=O) groups excluding carboxylic acids is 1. The lowest BCUT2D eigenvalue weighted by atomic mass is 9.87. The average molecular weight is 452 g/mol. The van der Waals surface area contributed by atoms with Crippen LogP contribution in [-0.2, 0) is 13.1 Å². The van der Waals surface area contributed by atoms with Gasteiger partial charge in [-0.15, -0.1) is 0 Å². The van der Waals surface area contributed by atoms with Gasteiger partial charge in [0.05, 0.1) is 5.56 Å². The number of carbonyl (C=O) groups is 1. The number of hydrogen-bond acceptors (Lipinski definition) is 3. The van der Waals surface area contributed by atoms with Crippen LogP contribution < -0.4 is 0 Å². The number of fused-ring (bicyclic) bond motifs is 1. The standard InChI is InChI=1S/C29H41NO3/c1-6-9-21(11-8-7-10-19(2)3)22-12-13-23-17-30(18-24(23)14-22)29(33)26-15-25(20(4)5)27(31)16-28(26)32/h12-16,19-21,31-32H,6-11,17-18H2,1-5H3. The highest BCUT2D eigenvalue weighted by atomic mass is 16.3. The molecule has 33 heavy (non-hydrogen) atoms. The maximum Gasteiger partial charge on any atom is 0.258 e. The van der Waals surface area contributed by atoms with Crippen molar-refractivity contribution in [3.8, 4) is 11.5 Å². The minimum atomic E-state index is -0.189. The van der Waals surface area contributed by atoms with Crippen molar-refractivity contribution in [3.05, 3.63) is 58.1 Å². The molecule has 1 atom stereocenters. The molecule has 3 rings (SSSR count). The Morgan fingerprint density at radius 2 is 1.61 bits per heavy atom. The first-order chi connectivity index (χ1) is 15.7. The van der Waals surface area contributed by atoms with E-state index in [-0.39, 0.29) is 28.9 Å². The van der Waals surface area contributed by atoms with Crippen LogP contribution in [0.2, 0.25) is 0 Å². The molecule has 0 saturated carbocycles. The molecule has 0 spiro atoms. The maximum absolute atomic E-state index is 13.3. The Bertz CT molecular complexity index is 964. The summed E-state index contributed by atoms with van der Waals surface area (Å²) in [6, 6.07) is 9.68. The van der Waals surface area contributed by atoms with Gasteiger partial charge in [0.15, 0.2) is 0 Å². The largest absolute Gasteiger partial charge is 0.508 e. The number of unbranched alkanes of at least 4 members (excludes halogenated alkanes) is 1. The number of nitrogens with zero attached hydrogens (tertiary/aromatic N) is 1. The Morgan fingerprint density at radius 3 is 2.27 bits per heavy atom. The van der Waals surface area contributed by atoms with Crippen LogP contribution in [0.4, 0.5) is 0 Å². The SMILES string of the molecule is CCCC(CCCCC(C)C)c1ccc2c(c1)CN(C(=O)c1cc(C(C)C)c(O)cc1O)C2. The first-order valence-corrected chi connectivity index (χ1v) is 12.7. The Hall–Kier alpha value is -2.49. The van der Waals surface area contributed by atoms with Crippen LogP contribution in [0.5, 0.6) is 11.5 Å². The molecule has 4 heteroatoms. The van der Waals surface area contributed by atoms with Crippen molar-refractivity contribution in [2.75, 3.05) is 0 Å². The van der Waals surface area contributed by atoms with Gasteiger partial charge in [0, 0.05) is 19.2 Å². The molecule has 1 aliphatic heterocycles. The molecule has 1 aliphatic rings. The van der Waals surface area contributed by atoms with E-state index in [1.807, 2.05) is 13.8 Å². The smallest absolute Gasteiger partial charge is 0.258 e. The monoisotopic (exact) mass is 451 g/mol. The molecule has 0 fully saturated rings. The minimum Gasteiger partial charge on any atom is -0.508 e. The van der Waals surface area contributed by atoms with Crippen molar-refractivity contribution < 1.29 is 15.0 Å². The first-order valence-electron chi connectivity index (χ1n) is 12.7. The van der Waals surface area contributed by atoms with Crippen molar-refractivity contribution in [2.24, 2.45) is 5.92 Å². The van der Waals surface area contributed by atoms with E-state index in [9.17, 15) is 15.0 Å². The molecule has 1 unspecified atom stereocenters. The van der Waals surface area contributed by atoms with Crippen LogP contribution >= 0.6 is 0 Å². The first kappa shape index (κ1) is 25.1. The van der Waals surface area contributed by atoms with Gasteiger partial charge in [-0.05, 0) is 58.9 Å². The number of phenols is 2. The summed E-state index contributed by atoms with van der Waals surface area (Å²) >= 11 is 0. The molecule has 1 amide bonds. The third kappa shape index (κ3) is 6.10. The summed E-state index contributed by atoms with van der Waals surface area (Å²) in [5, 5.41) is 20.5. The molecule has 4 nitrogen and oxygen atoms in total. The number of rotatable bonds is 10. The van der Waals surface area contributed by atoms with Crippen molar-refractivity contribution in [2.45, 2.75) is 98.1 Å². The van der Waals surface area contributed by atoms with Gasteiger partial charge >= 0.3 is 0 Å². The van der Waals surface area contributed by atoms with Gasteiger partial charge in [-0.25, -0.2) is 0 Å². The molecular weight excluding hydrogens is 410 g/mol. The van der Waals surface area contributed by atoms with E-state index in [4.69, 9.17) is 0 Å². The van der Waals surface area contributed by atoms with E-state index in [0.717, 1.165) is 5.92 Å². The van der Waals surface area contributed by atoms with Gasteiger partial charge in [0.2, 0.25) is 0 Å². The van der Waals surface area contributed by atoms with E-state index >= 15 is 0 Å². The topological polar surface area (TPSA) is 60.8 Å². The summed E-state index contributed by atoms with van der Waals surface area (Å²) in [5.41, 5.74) is 4.73. The summed E-state index contributed by atoms with van der Waals surface area (Å²) in [7, 11) is 0. The fourth-order valence-corrected chi connectivity index (χ4v) is 4.98. The summed E-state index contributed by atoms with van der Waals surface area (Å²) < 4.78 is 0. The molecule has 0 aromatic heterocycles. The third-order valence-corrected chi connectivity index (χ3v) is 6.93. The van der Waals surface area contributed by atoms with Gasteiger partial charge in [-0.2, -0.15) is 0 Å². The van der Waals surface area contributed by atoms with E-state index in [0.29, 0.717) is 24.6 Å². The maximum atomic E-state index is 13.3. The summed E-state index contributed by atoms with van der Waals surface area (Å²) in [6.07, 6.45) is 7.45. The molecule has 2 aromatic rings. The zero-order valence-corrected chi connectivity index (χ0v) is 21.0. The quantitative estimate of drug-likeness (QED) is 0.368. The van der Waals surface area contributed by atoms with Crippen molar-refractivity contribution in [3.63, 3.8) is 0 Å². The average Bonchev–Trinajstić information content (AvgIpc) is 3.18. The number of amides is 1. The fraction of sp³-hybridized carbons (Fsp3) is 0.552. The van der Waals surface area contributed by atoms with Crippen LogP contribution in [-0.4, -0.2) is 21.0 Å². The molecule has 0 bridgehead atoms. The number of aromatic hydroxyl groups is 2. The van der Waals surface area contributed by atoms with Crippen LogP contribution in [0.3, 0.4) is 0 Å². The predicted molar refractivity (Wildman–Crippen MR) is 135 cm³/mol.